The van der Waals surface area contributed by atoms with Crippen LogP contribution >= 0.6 is 11.6 Å². The summed E-state index contributed by atoms with van der Waals surface area (Å²) in [6, 6.07) is 6.99. The lowest BCUT2D eigenvalue weighted by atomic mass is 9.95. The molecule has 2 fully saturated rings. The molecule has 104 valence electrons. The average molecular weight is 279 g/mol. The molecule has 0 aromatic heterocycles. The Morgan fingerprint density at radius 1 is 1.32 bits per heavy atom. The van der Waals surface area contributed by atoms with E-state index >= 15 is 0 Å². The Balaban J connectivity index is 1.83. The molecular weight excluding hydrogens is 256 g/mol. The Morgan fingerprint density at radius 2 is 2.05 bits per heavy atom. The molecule has 3 rings (SSSR count). The van der Waals surface area contributed by atoms with Crippen molar-refractivity contribution < 1.29 is 0 Å². The van der Waals surface area contributed by atoms with Crippen molar-refractivity contribution in [2.75, 3.05) is 26.2 Å². The van der Waals surface area contributed by atoms with Crippen LogP contribution in [-0.4, -0.2) is 31.1 Å². The molecule has 1 saturated carbocycles. The van der Waals surface area contributed by atoms with E-state index in [4.69, 9.17) is 11.6 Å². The number of hydrogen-bond donors (Lipinski definition) is 1. The zero-order valence-electron chi connectivity index (χ0n) is 11.7. The summed E-state index contributed by atoms with van der Waals surface area (Å²) in [7, 11) is 0. The van der Waals surface area contributed by atoms with Crippen LogP contribution in [0.1, 0.15) is 36.4 Å². The van der Waals surface area contributed by atoms with Crippen molar-refractivity contribution in [1.82, 2.24) is 10.2 Å². The fourth-order valence-corrected chi connectivity index (χ4v) is 3.38. The van der Waals surface area contributed by atoms with Gasteiger partial charge in [-0.05, 0) is 42.5 Å². The highest BCUT2D eigenvalue weighted by atomic mass is 35.5. The number of benzene rings is 1. The van der Waals surface area contributed by atoms with Gasteiger partial charge in [-0.3, -0.25) is 4.90 Å². The van der Waals surface area contributed by atoms with Gasteiger partial charge in [-0.25, -0.2) is 0 Å². The Kier molecular flexibility index (Phi) is 4.11. The normalized spacial score (nSPS) is 22.4. The van der Waals surface area contributed by atoms with Gasteiger partial charge >= 0.3 is 0 Å². The maximum atomic E-state index is 6.10. The van der Waals surface area contributed by atoms with Crippen LogP contribution in [0, 0.1) is 12.8 Å². The minimum absolute atomic E-state index is 0.590. The molecule has 2 aliphatic rings. The first-order valence-corrected chi connectivity index (χ1v) is 7.82. The molecule has 1 aliphatic carbocycles. The molecule has 1 saturated heterocycles. The zero-order chi connectivity index (χ0) is 13.2. The van der Waals surface area contributed by atoms with Gasteiger partial charge in [0.25, 0.3) is 0 Å². The summed E-state index contributed by atoms with van der Waals surface area (Å²) in [5.74, 6) is 0.954. The van der Waals surface area contributed by atoms with E-state index in [1.807, 2.05) is 6.07 Å². The number of nitrogens with one attached hydrogen (secondary N) is 1. The molecule has 1 N–H and O–H groups in total. The van der Waals surface area contributed by atoms with Gasteiger partial charge in [0.1, 0.15) is 0 Å². The minimum atomic E-state index is 0.590. The van der Waals surface area contributed by atoms with Crippen LogP contribution in [0.4, 0.5) is 0 Å². The number of rotatable bonds is 4. The van der Waals surface area contributed by atoms with Gasteiger partial charge in [0, 0.05) is 37.2 Å². The van der Waals surface area contributed by atoms with Gasteiger partial charge in [0.05, 0.1) is 0 Å². The highest BCUT2D eigenvalue weighted by Crippen LogP contribution is 2.41. The lowest BCUT2D eigenvalue weighted by Crippen LogP contribution is -2.45. The van der Waals surface area contributed by atoms with E-state index < -0.39 is 0 Å². The molecule has 19 heavy (non-hydrogen) atoms. The Labute approximate surface area is 121 Å². The van der Waals surface area contributed by atoms with Gasteiger partial charge < -0.3 is 5.32 Å². The van der Waals surface area contributed by atoms with E-state index in [1.165, 1.54) is 43.5 Å². The predicted octanol–water partition coefficient (Wildman–Crippen LogP) is 3.39. The highest BCUT2D eigenvalue weighted by molar-refractivity contribution is 6.30. The summed E-state index contributed by atoms with van der Waals surface area (Å²) in [6.07, 6.45) is 4.17. The van der Waals surface area contributed by atoms with E-state index in [9.17, 15) is 0 Å². The Morgan fingerprint density at radius 3 is 2.68 bits per heavy atom. The van der Waals surface area contributed by atoms with Crippen molar-refractivity contribution in [3.05, 3.63) is 34.3 Å². The number of aryl methyl sites for hydroxylation is 1. The van der Waals surface area contributed by atoms with Gasteiger partial charge in [-0.1, -0.05) is 30.5 Å². The number of nitrogens with zero attached hydrogens (tertiary/aromatic N) is 1. The monoisotopic (exact) mass is 278 g/mol. The average Bonchev–Trinajstić information content (AvgIpc) is 3.22. The summed E-state index contributed by atoms with van der Waals surface area (Å²) in [5.41, 5.74) is 2.83. The summed E-state index contributed by atoms with van der Waals surface area (Å²) >= 11 is 6.10. The van der Waals surface area contributed by atoms with Crippen LogP contribution in [0.15, 0.2) is 18.2 Å². The summed E-state index contributed by atoms with van der Waals surface area (Å²) in [5, 5.41) is 4.30. The minimum Gasteiger partial charge on any atom is -0.314 e. The fourth-order valence-electron chi connectivity index (χ4n) is 3.15. The second-order valence-electron chi connectivity index (χ2n) is 5.98. The molecule has 2 nitrogen and oxygen atoms in total. The third kappa shape index (κ3) is 3.31. The van der Waals surface area contributed by atoms with E-state index in [1.54, 1.807) is 0 Å². The second kappa shape index (κ2) is 5.82. The topological polar surface area (TPSA) is 15.3 Å². The molecule has 0 spiro atoms. The lowest BCUT2D eigenvalue weighted by molar-refractivity contribution is 0.160. The number of piperazine rings is 1. The molecule has 1 aromatic carbocycles. The van der Waals surface area contributed by atoms with Crippen LogP contribution in [0.25, 0.3) is 0 Å². The molecule has 3 heteroatoms. The number of halogens is 1. The Bertz CT molecular complexity index is 436. The van der Waals surface area contributed by atoms with Crippen molar-refractivity contribution >= 4 is 11.6 Å². The smallest absolute Gasteiger partial charge is 0.0408 e. The van der Waals surface area contributed by atoms with Gasteiger partial charge in [0.2, 0.25) is 0 Å². The van der Waals surface area contributed by atoms with Crippen molar-refractivity contribution in [2.24, 2.45) is 5.92 Å². The molecule has 1 aromatic rings. The summed E-state index contributed by atoms with van der Waals surface area (Å²) in [4.78, 5) is 2.66. The molecule has 0 amide bonds. The van der Waals surface area contributed by atoms with Crippen LogP contribution in [0.3, 0.4) is 0 Å². The molecule has 0 radical (unpaired) electrons. The van der Waals surface area contributed by atoms with E-state index in [0.29, 0.717) is 6.04 Å². The summed E-state index contributed by atoms with van der Waals surface area (Å²) in [6.45, 7) is 6.77. The summed E-state index contributed by atoms with van der Waals surface area (Å²) < 4.78 is 0. The molecule has 1 atom stereocenters. The van der Waals surface area contributed by atoms with Gasteiger partial charge in [-0.2, -0.15) is 0 Å². The third-order valence-corrected chi connectivity index (χ3v) is 4.67. The quantitative estimate of drug-likeness (QED) is 0.908. The van der Waals surface area contributed by atoms with Crippen LogP contribution in [0.2, 0.25) is 5.02 Å². The number of hydrogen-bond acceptors (Lipinski definition) is 2. The first kappa shape index (κ1) is 13.4. The van der Waals surface area contributed by atoms with Crippen molar-refractivity contribution in [1.29, 1.82) is 0 Å². The molecule has 0 unspecified atom stereocenters. The third-order valence-electron chi connectivity index (χ3n) is 4.44. The standard InChI is InChI=1S/C16H23ClN2/c1-12-10-14(17)4-5-15(12)16(11-13-2-3-13)19-8-6-18-7-9-19/h4-5,10,13,16,18H,2-3,6-9,11H2,1H3/t16-/m0/s1. The lowest BCUT2D eigenvalue weighted by Gasteiger charge is -2.36. The SMILES string of the molecule is Cc1cc(Cl)ccc1[C@H](CC1CC1)N1CCNCC1. The first-order chi connectivity index (χ1) is 9.24. The fraction of sp³-hybridized carbons (Fsp3) is 0.625. The zero-order valence-corrected chi connectivity index (χ0v) is 12.4. The maximum absolute atomic E-state index is 6.10. The predicted molar refractivity (Wildman–Crippen MR) is 80.7 cm³/mol. The second-order valence-corrected chi connectivity index (χ2v) is 6.42. The largest absolute Gasteiger partial charge is 0.314 e. The van der Waals surface area contributed by atoms with E-state index in [-0.39, 0.29) is 0 Å². The van der Waals surface area contributed by atoms with E-state index in [0.717, 1.165) is 24.0 Å². The van der Waals surface area contributed by atoms with Crippen LogP contribution in [-0.2, 0) is 0 Å². The molecular formula is C16H23ClN2. The van der Waals surface area contributed by atoms with E-state index in [2.05, 4.69) is 29.3 Å². The van der Waals surface area contributed by atoms with Gasteiger partial charge in [0.15, 0.2) is 0 Å². The molecule has 1 aliphatic heterocycles. The first-order valence-electron chi connectivity index (χ1n) is 7.45. The highest BCUT2D eigenvalue weighted by Gasteiger charge is 2.31. The maximum Gasteiger partial charge on any atom is 0.0408 e. The molecule has 1 heterocycles. The van der Waals surface area contributed by atoms with Crippen molar-refractivity contribution in [3.63, 3.8) is 0 Å². The molecule has 0 bridgehead atoms. The van der Waals surface area contributed by atoms with Crippen LogP contribution < -0.4 is 5.32 Å². The van der Waals surface area contributed by atoms with Crippen molar-refractivity contribution in [3.8, 4) is 0 Å². The van der Waals surface area contributed by atoms with Gasteiger partial charge in [-0.15, -0.1) is 0 Å². The van der Waals surface area contributed by atoms with Crippen molar-refractivity contribution in [2.45, 2.75) is 32.2 Å². The Hall–Kier alpha value is -0.570. The van der Waals surface area contributed by atoms with Crippen LogP contribution in [0.5, 0.6) is 0 Å².